The lowest BCUT2D eigenvalue weighted by Crippen LogP contribution is -2.34. The van der Waals surface area contributed by atoms with Crippen molar-refractivity contribution in [2.45, 2.75) is 13.5 Å². The molecule has 2 rings (SSSR count). The van der Waals surface area contributed by atoms with E-state index >= 15 is 0 Å². The fraction of sp³-hybridized carbons (Fsp3) is 0.278. The Bertz CT molecular complexity index is 816. The average Bonchev–Trinajstić information content (AvgIpc) is 3.07. The maximum Gasteiger partial charge on any atom is 0.344 e. The third-order valence-corrected chi connectivity index (χ3v) is 4.64. The summed E-state index contributed by atoms with van der Waals surface area (Å²) in [5.74, 6) is -0.688. The van der Waals surface area contributed by atoms with Crippen molar-refractivity contribution in [3.05, 3.63) is 51.2 Å². The molecule has 8 heteroatoms. The number of halogens is 1. The van der Waals surface area contributed by atoms with Crippen molar-refractivity contribution >= 4 is 34.8 Å². The molecule has 2 aromatic rings. The molecule has 1 heterocycles. The highest BCUT2D eigenvalue weighted by Gasteiger charge is 2.16. The second kappa shape index (κ2) is 9.80. The van der Waals surface area contributed by atoms with Crippen LogP contribution in [0.3, 0.4) is 0 Å². The van der Waals surface area contributed by atoms with Gasteiger partial charge in [0.15, 0.2) is 13.2 Å². The predicted molar refractivity (Wildman–Crippen MR) is 98.0 cm³/mol. The van der Waals surface area contributed by atoms with E-state index in [1.54, 1.807) is 35.2 Å². The van der Waals surface area contributed by atoms with Crippen LogP contribution in [0.2, 0.25) is 4.34 Å². The van der Waals surface area contributed by atoms with E-state index in [9.17, 15) is 9.59 Å². The minimum atomic E-state index is -0.679. The smallest absolute Gasteiger partial charge is 0.344 e. The van der Waals surface area contributed by atoms with Crippen LogP contribution in [-0.4, -0.2) is 36.5 Å². The lowest BCUT2D eigenvalue weighted by molar-refractivity contribution is -0.153. The Balaban J connectivity index is 1.80. The number of para-hydroxylation sites is 1. The monoisotopic (exact) mass is 392 g/mol. The van der Waals surface area contributed by atoms with Crippen LogP contribution in [0.15, 0.2) is 36.4 Å². The van der Waals surface area contributed by atoms with E-state index in [1.165, 1.54) is 11.3 Å². The van der Waals surface area contributed by atoms with Crippen molar-refractivity contribution in [2.24, 2.45) is 0 Å². The number of rotatable bonds is 8. The topological polar surface area (TPSA) is 79.6 Å². The number of hydrogen-bond acceptors (Lipinski definition) is 6. The van der Waals surface area contributed by atoms with Crippen LogP contribution in [0.4, 0.5) is 0 Å². The molecule has 0 spiro atoms. The first-order valence-electron chi connectivity index (χ1n) is 7.83. The molecule has 0 aliphatic rings. The first kappa shape index (κ1) is 19.8. The number of esters is 1. The normalized spacial score (nSPS) is 10.0. The van der Waals surface area contributed by atoms with Gasteiger partial charge in [-0.3, -0.25) is 4.79 Å². The van der Waals surface area contributed by atoms with Gasteiger partial charge >= 0.3 is 5.97 Å². The maximum atomic E-state index is 12.2. The first-order valence-corrected chi connectivity index (χ1v) is 9.02. The molecular formula is C18H17ClN2O4S. The van der Waals surface area contributed by atoms with E-state index in [-0.39, 0.29) is 19.1 Å². The molecule has 0 atom stereocenters. The number of amides is 1. The van der Waals surface area contributed by atoms with Gasteiger partial charge in [0.05, 0.1) is 16.4 Å². The summed E-state index contributed by atoms with van der Waals surface area (Å²) in [7, 11) is 0. The number of nitriles is 1. The van der Waals surface area contributed by atoms with E-state index in [2.05, 4.69) is 0 Å². The number of thiophene rings is 1. The Hall–Kier alpha value is -2.56. The average molecular weight is 393 g/mol. The van der Waals surface area contributed by atoms with Gasteiger partial charge in [0, 0.05) is 11.4 Å². The van der Waals surface area contributed by atoms with Crippen LogP contribution in [-0.2, 0) is 20.9 Å². The molecule has 0 N–H and O–H groups in total. The number of benzene rings is 1. The maximum absolute atomic E-state index is 12.2. The summed E-state index contributed by atoms with van der Waals surface area (Å²) in [6, 6.07) is 12.2. The van der Waals surface area contributed by atoms with Crippen LogP contribution in [0.1, 0.15) is 17.4 Å². The molecule has 136 valence electrons. The standard InChI is InChI=1S/C18H17ClN2O4S/c1-2-21(10-14-7-8-16(19)26-14)17(22)11-25-18(23)12-24-15-6-4-3-5-13(15)9-20/h3-8H,2,10-12H2,1H3. The number of ether oxygens (including phenoxy) is 2. The van der Waals surface area contributed by atoms with Crippen molar-refractivity contribution in [3.8, 4) is 11.8 Å². The first-order chi connectivity index (χ1) is 12.5. The number of carbonyl (C=O) groups excluding carboxylic acids is 2. The van der Waals surface area contributed by atoms with Crippen molar-refractivity contribution in [3.63, 3.8) is 0 Å². The summed E-state index contributed by atoms with van der Waals surface area (Å²) in [5.41, 5.74) is 0.322. The fourth-order valence-corrected chi connectivity index (χ4v) is 3.20. The molecular weight excluding hydrogens is 376 g/mol. The molecule has 26 heavy (non-hydrogen) atoms. The van der Waals surface area contributed by atoms with E-state index in [0.717, 1.165) is 4.88 Å². The van der Waals surface area contributed by atoms with Gasteiger partial charge in [-0.05, 0) is 31.2 Å². The SMILES string of the molecule is CCN(Cc1ccc(Cl)s1)C(=O)COC(=O)COc1ccccc1C#N. The van der Waals surface area contributed by atoms with Gasteiger partial charge in [0.1, 0.15) is 11.8 Å². The highest BCUT2D eigenvalue weighted by atomic mass is 35.5. The predicted octanol–water partition coefficient (Wildman–Crippen LogP) is 3.24. The van der Waals surface area contributed by atoms with Crippen molar-refractivity contribution < 1.29 is 19.1 Å². The van der Waals surface area contributed by atoms with Gasteiger partial charge in [-0.15, -0.1) is 11.3 Å². The lowest BCUT2D eigenvalue weighted by atomic mass is 10.2. The van der Waals surface area contributed by atoms with Gasteiger partial charge < -0.3 is 14.4 Å². The van der Waals surface area contributed by atoms with E-state index < -0.39 is 5.97 Å². The quantitative estimate of drug-likeness (QED) is 0.644. The molecule has 0 aliphatic carbocycles. The fourth-order valence-electron chi connectivity index (χ4n) is 2.10. The lowest BCUT2D eigenvalue weighted by Gasteiger charge is -2.20. The summed E-state index contributed by atoms with van der Waals surface area (Å²) in [6.07, 6.45) is 0. The summed E-state index contributed by atoms with van der Waals surface area (Å²) in [4.78, 5) is 26.5. The summed E-state index contributed by atoms with van der Waals surface area (Å²) in [5, 5.41) is 8.97. The number of likely N-dealkylation sites (N-methyl/N-ethyl adjacent to an activating group) is 1. The van der Waals surface area contributed by atoms with Gasteiger partial charge in [0.25, 0.3) is 5.91 Å². The third kappa shape index (κ3) is 5.76. The highest BCUT2D eigenvalue weighted by Crippen LogP contribution is 2.22. The van der Waals surface area contributed by atoms with Gasteiger partial charge in [-0.1, -0.05) is 23.7 Å². The van der Waals surface area contributed by atoms with Crippen LogP contribution >= 0.6 is 22.9 Å². The molecule has 1 amide bonds. The van der Waals surface area contributed by atoms with Crippen LogP contribution in [0.25, 0.3) is 0 Å². The van der Waals surface area contributed by atoms with E-state index in [4.69, 9.17) is 26.3 Å². The minimum absolute atomic E-state index is 0.294. The molecule has 0 aliphatic heterocycles. The Morgan fingerprint density at radius 3 is 2.65 bits per heavy atom. The second-order valence-corrected chi connectivity index (χ2v) is 6.97. The second-order valence-electron chi connectivity index (χ2n) is 5.17. The molecule has 0 fully saturated rings. The summed E-state index contributed by atoms with van der Waals surface area (Å²) >= 11 is 7.29. The zero-order chi connectivity index (χ0) is 18.9. The number of carbonyl (C=O) groups is 2. The van der Waals surface area contributed by atoms with Crippen molar-refractivity contribution in [1.29, 1.82) is 5.26 Å². The van der Waals surface area contributed by atoms with Gasteiger partial charge in [0.2, 0.25) is 0 Å². The van der Waals surface area contributed by atoms with E-state index in [0.29, 0.717) is 28.7 Å². The Kier molecular flexibility index (Phi) is 7.45. The van der Waals surface area contributed by atoms with E-state index in [1.807, 2.05) is 19.1 Å². The Morgan fingerprint density at radius 1 is 1.23 bits per heavy atom. The molecule has 0 radical (unpaired) electrons. The zero-order valence-corrected chi connectivity index (χ0v) is 15.7. The summed E-state index contributed by atoms with van der Waals surface area (Å²) in [6.45, 7) is 2.00. The number of nitrogens with zero attached hydrogens (tertiary/aromatic N) is 2. The Labute approximate surface area is 160 Å². The third-order valence-electron chi connectivity index (χ3n) is 3.42. The van der Waals surface area contributed by atoms with Crippen LogP contribution < -0.4 is 4.74 Å². The van der Waals surface area contributed by atoms with Gasteiger partial charge in [-0.2, -0.15) is 5.26 Å². The summed E-state index contributed by atoms with van der Waals surface area (Å²) < 4.78 is 10.9. The molecule has 1 aromatic heterocycles. The molecule has 0 saturated carbocycles. The zero-order valence-electron chi connectivity index (χ0n) is 14.1. The highest BCUT2D eigenvalue weighted by molar-refractivity contribution is 7.16. The number of hydrogen-bond donors (Lipinski definition) is 0. The molecule has 1 aromatic carbocycles. The van der Waals surface area contributed by atoms with Crippen molar-refractivity contribution in [2.75, 3.05) is 19.8 Å². The van der Waals surface area contributed by atoms with Crippen LogP contribution in [0.5, 0.6) is 5.75 Å². The Morgan fingerprint density at radius 2 is 2.00 bits per heavy atom. The minimum Gasteiger partial charge on any atom is -0.481 e. The molecule has 0 saturated heterocycles. The van der Waals surface area contributed by atoms with Crippen molar-refractivity contribution in [1.82, 2.24) is 4.90 Å². The van der Waals surface area contributed by atoms with Crippen LogP contribution in [0, 0.1) is 11.3 Å². The molecule has 0 unspecified atom stereocenters. The molecule has 6 nitrogen and oxygen atoms in total. The molecule has 0 bridgehead atoms. The largest absolute Gasteiger partial charge is 0.481 e. The van der Waals surface area contributed by atoms with Gasteiger partial charge in [-0.25, -0.2) is 4.79 Å².